The molecule has 0 aliphatic carbocycles. The maximum absolute atomic E-state index is 5.14. The summed E-state index contributed by atoms with van der Waals surface area (Å²) in [6, 6.07) is 35.5. The number of fused-ring (bicyclic) bond motifs is 2. The van der Waals surface area contributed by atoms with Crippen LogP contribution >= 0.6 is 0 Å². The minimum Gasteiger partial charge on any atom is -0.372 e. The number of hydrogen-bond donors (Lipinski definition) is 0. The van der Waals surface area contributed by atoms with Crippen molar-refractivity contribution in [2.24, 2.45) is 4.99 Å². The summed E-state index contributed by atoms with van der Waals surface area (Å²) in [7, 11) is -2.57. The van der Waals surface area contributed by atoms with E-state index in [0.29, 0.717) is 0 Å². The molecule has 0 atom stereocenters. The van der Waals surface area contributed by atoms with Crippen LogP contribution in [0.3, 0.4) is 0 Å². The van der Waals surface area contributed by atoms with Gasteiger partial charge in [0.05, 0.1) is 11.0 Å². The quantitative estimate of drug-likeness (QED) is 0.390. The fourth-order valence-electron chi connectivity index (χ4n) is 5.13. The zero-order valence-corrected chi connectivity index (χ0v) is 19.8. The van der Waals surface area contributed by atoms with Gasteiger partial charge in [-0.25, -0.2) is 4.99 Å². The van der Waals surface area contributed by atoms with Crippen LogP contribution in [0.2, 0.25) is 0 Å². The molecule has 4 aromatic rings. The highest BCUT2D eigenvalue weighted by molar-refractivity contribution is 7.20. The van der Waals surface area contributed by atoms with Crippen LogP contribution in [-0.4, -0.2) is 21.2 Å². The standard InChI is InChI=1S/C29H28N2Si/c1-4-31(5-2)23-17-19-27-29(21-23)32(24-12-8-6-9-13-24,25-14-10-7-11-15-25)28-20-22(3)16-18-26(28)30-27/h6-21H,3-5H2,1-2H3. The number of anilines is 1. The van der Waals surface area contributed by atoms with E-state index in [1.165, 1.54) is 26.4 Å². The van der Waals surface area contributed by atoms with Gasteiger partial charge < -0.3 is 4.90 Å². The second-order valence-corrected chi connectivity index (χ2v) is 12.1. The Morgan fingerprint density at radius 3 is 1.94 bits per heavy atom. The Bertz CT molecular complexity index is 1320. The van der Waals surface area contributed by atoms with E-state index in [1.54, 1.807) is 0 Å². The van der Waals surface area contributed by atoms with Crippen molar-refractivity contribution in [1.29, 1.82) is 0 Å². The van der Waals surface area contributed by atoms with Crippen molar-refractivity contribution in [3.05, 3.63) is 108 Å². The molecular weight excluding hydrogens is 404 g/mol. The van der Waals surface area contributed by atoms with Crippen molar-refractivity contribution < 1.29 is 0 Å². The Kier molecular flexibility index (Phi) is 5.28. The van der Waals surface area contributed by atoms with Crippen LogP contribution in [0.5, 0.6) is 0 Å². The van der Waals surface area contributed by atoms with Gasteiger partial charge in [0.25, 0.3) is 0 Å². The molecule has 5 rings (SSSR count). The van der Waals surface area contributed by atoms with Crippen LogP contribution in [0.4, 0.5) is 11.4 Å². The summed E-state index contributed by atoms with van der Waals surface area (Å²) in [6.07, 6.45) is 0. The lowest BCUT2D eigenvalue weighted by Gasteiger charge is -2.38. The van der Waals surface area contributed by atoms with Gasteiger partial charge in [0, 0.05) is 18.8 Å². The molecule has 0 N–H and O–H groups in total. The zero-order valence-electron chi connectivity index (χ0n) is 18.8. The summed E-state index contributed by atoms with van der Waals surface area (Å²) in [5.41, 5.74) is 2.35. The molecule has 4 aromatic carbocycles. The van der Waals surface area contributed by atoms with Gasteiger partial charge in [-0.15, -0.1) is 0 Å². The number of benzene rings is 4. The minimum atomic E-state index is -2.57. The number of nitrogens with zero attached hydrogens (tertiary/aromatic N) is 2. The Morgan fingerprint density at radius 1 is 0.719 bits per heavy atom. The monoisotopic (exact) mass is 432 g/mol. The summed E-state index contributed by atoms with van der Waals surface area (Å²) < 4.78 is 0. The first-order valence-electron chi connectivity index (χ1n) is 11.4. The van der Waals surface area contributed by atoms with Crippen molar-refractivity contribution in [2.45, 2.75) is 13.8 Å². The van der Waals surface area contributed by atoms with Gasteiger partial charge in [-0.2, -0.15) is 0 Å². The van der Waals surface area contributed by atoms with Crippen molar-refractivity contribution in [1.82, 2.24) is 0 Å². The first-order chi connectivity index (χ1) is 15.7. The first-order valence-corrected chi connectivity index (χ1v) is 13.4. The average Bonchev–Trinajstić information content (AvgIpc) is 2.85. The summed E-state index contributed by atoms with van der Waals surface area (Å²) in [5.74, 6) is 0. The smallest absolute Gasteiger partial charge is 0.184 e. The largest absolute Gasteiger partial charge is 0.372 e. The van der Waals surface area contributed by atoms with Crippen LogP contribution in [0, 0.1) is 0 Å². The van der Waals surface area contributed by atoms with Gasteiger partial charge in [-0.1, -0.05) is 79.4 Å². The first kappa shape index (κ1) is 20.5. The Balaban J connectivity index is 1.97. The van der Waals surface area contributed by atoms with E-state index in [1.807, 2.05) is 0 Å². The molecule has 2 nitrogen and oxygen atoms in total. The molecule has 0 radical (unpaired) electrons. The molecule has 0 saturated heterocycles. The van der Waals surface area contributed by atoms with Crippen molar-refractivity contribution in [3.63, 3.8) is 0 Å². The Hall–Kier alpha value is -3.43. The topological polar surface area (TPSA) is 15.6 Å². The molecule has 0 amide bonds. The van der Waals surface area contributed by atoms with E-state index in [-0.39, 0.29) is 0 Å². The molecule has 1 aliphatic rings. The van der Waals surface area contributed by atoms with E-state index < -0.39 is 8.07 Å². The third kappa shape index (κ3) is 3.12. The molecule has 0 fully saturated rings. The molecular formula is C29H28N2Si. The van der Waals surface area contributed by atoms with Gasteiger partial charge in [-0.3, -0.25) is 0 Å². The van der Waals surface area contributed by atoms with E-state index in [0.717, 1.165) is 29.4 Å². The predicted molar refractivity (Wildman–Crippen MR) is 140 cm³/mol. The highest BCUT2D eigenvalue weighted by Crippen LogP contribution is 2.23. The number of rotatable bonds is 5. The lowest BCUT2D eigenvalue weighted by atomic mass is 10.2. The second kappa shape index (κ2) is 8.25. The van der Waals surface area contributed by atoms with Crippen LogP contribution < -0.4 is 36.2 Å². The Labute approximate surface area is 191 Å². The molecule has 3 heteroatoms. The van der Waals surface area contributed by atoms with Crippen LogP contribution in [0.1, 0.15) is 13.8 Å². The molecule has 1 aliphatic heterocycles. The van der Waals surface area contributed by atoms with Crippen molar-refractivity contribution in [3.8, 4) is 0 Å². The fourth-order valence-corrected chi connectivity index (χ4v) is 10.2. The second-order valence-electron chi connectivity index (χ2n) is 8.32. The molecule has 0 aromatic heterocycles. The lowest BCUT2D eigenvalue weighted by molar-refractivity contribution is 0.867. The fraction of sp³-hybridized carbons (Fsp3) is 0.138. The van der Waals surface area contributed by atoms with Gasteiger partial charge >= 0.3 is 0 Å². The summed E-state index contributed by atoms with van der Waals surface area (Å²) >= 11 is 0. The van der Waals surface area contributed by atoms with Crippen molar-refractivity contribution in [2.75, 3.05) is 18.0 Å². The van der Waals surface area contributed by atoms with Crippen LogP contribution in [0.15, 0.2) is 102 Å². The van der Waals surface area contributed by atoms with Crippen LogP contribution in [-0.2, 0) is 0 Å². The molecule has 0 spiro atoms. The van der Waals surface area contributed by atoms with Gasteiger partial charge in [0.1, 0.15) is 0 Å². The third-order valence-electron chi connectivity index (χ3n) is 6.63. The van der Waals surface area contributed by atoms with Crippen molar-refractivity contribution >= 4 is 46.8 Å². The van der Waals surface area contributed by atoms with Crippen LogP contribution in [0.25, 0.3) is 6.58 Å². The normalized spacial score (nSPS) is 13.6. The average molecular weight is 433 g/mol. The maximum atomic E-state index is 5.14. The molecule has 158 valence electrons. The molecule has 0 bridgehead atoms. The molecule has 32 heavy (non-hydrogen) atoms. The van der Waals surface area contributed by atoms with Gasteiger partial charge in [0.15, 0.2) is 8.07 Å². The van der Waals surface area contributed by atoms with E-state index in [9.17, 15) is 0 Å². The SMILES string of the molecule is C=c1ccc2c(c1)[Si](c1ccccc1)(c1ccccc1)c1cc(N(CC)CC)ccc1N=2. The summed E-state index contributed by atoms with van der Waals surface area (Å²) in [4.78, 5) is 7.56. The Morgan fingerprint density at radius 2 is 1.34 bits per heavy atom. The highest BCUT2D eigenvalue weighted by Gasteiger charge is 2.45. The third-order valence-corrected chi connectivity index (χ3v) is 11.4. The molecule has 1 heterocycles. The minimum absolute atomic E-state index is 0.983. The molecule has 0 saturated carbocycles. The van der Waals surface area contributed by atoms with Gasteiger partial charge in [0.2, 0.25) is 0 Å². The maximum Gasteiger partial charge on any atom is 0.184 e. The predicted octanol–water partition coefficient (Wildman–Crippen LogP) is 2.59. The van der Waals surface area contributed by atoms with E-state index in [4.69, 9.17) is 4.99 Å². The van der Waals surface area contributed by atoms with E-state index in [2.05, 4.69) is 122 Å². The lowest BCUT2D eigenvalue weighted by Crippen LogP contribution is -2.79. The van der Waals surface area contributed by atoms with E-state index >= 15 is 0 Å². The van der Waals surface area contributed by atoms with Gasteiger partial charge in [-0.05, 0) is 64.1 Å². The number of hydrogen-bond acceptors (Lipinski definition) is 2. The highest BCUT2D eigenvalue weighted by atomic mass is 28.3. The molecule has 0 unspecified atom stereocenters. The summed E-state index contributed by atoms with van der Waals surface area (Å²) in [5, 5.41) is 7.55. The zero-order chi connectivity index (χ0) is 22.1. The summed E-state index contributed by atoms with van der Waals surface area (Å²) in [6.45, 7) is 10.7.